The van der Waals surface area contributed by atoms with Crippen molar-refractivity contribution in [3.63, 3.8) is 0 Å². The summed E-state index contributed by atoms with van der Waals surface area (Å²) in [7, 11) is -3.46. The van der Waals surface area contributed by atoms with Gasteiger partial charge in [0.25, 0.3) is 0 Å². The molecule has 0 N–H and O–H groups in total. The molecule has 0 aliphatic carbocycles. The van der Waals surface area contributed by atoms with Crippen LogP contribution < -0.4 is 0 Å². The highest BCUT2D eigenvalue weighted by Gasteiger charge is 2.36. The Morgan fingerprint density at radius 2 is 1.68 bits per heavy atom. The third-order valence-electron chi connectivity index (χ3n) is 4.84. The van der Waals surface area contributed by atoms with Gasteiger partial charge in [0.2, 0.25) is 10.0 Å². The van der Waals surface area contributed by atoms with Gasteiger partial charge < -0.3 is 0 Å². The summed E-state index contributed by atoms with van der Waals surface area (Å²) in [6.07, 6.45) is 2.76. The van der Waals surface area contributed by atoms with Crippen molar-refractivity contribution in [3.05, 3.63) is 65.2 Å². The zero-order valence-corrected chi connectivity index (χ0v) is 16.1. The molecule has 4 heteroatoms. The van der Waals surface area contributed by atoms with Crippen molar-refractivity contribution >= 4 is 10.0 Å². The molecule has 0 amide bonds. The molecule has 0 saturated carbocycles. The van der Waals surface area contributed by atoms with Crippen LogP contribution in [0.4, 0.5) is 0 Å². The van der Waals surface area contributed by atoms with Gasteiger partial charge in [-0.05, 0) is 55.4 Å². The van der Waals surface area contributed by atoms with Gasteiger partial charge in [0.05, 0.1) is 10.9 Å². The number of benzene rings is 2. The second kappa shape index (κ2) is 7.30. The monoisotopic (exact) mass is 357 g/mol. The van der Waals surface area contributed by atoms with E-state index < -0.39 is 10.0 Å². The van der Waals surface area contributed by atoms with Crippen molar-refractivity contribution in [2.45, 2.75) is 51.0 Å². The maximum absolute atomic E-state index is 13.1. The topological polar surface area (TPSA) is 37.4 Å². The lowest BCUT2D eigenvalue weighted by Crippen LogP contribution is -2.30. The molecular formula is C21H27NO2S. The molecule has 3 nitrogen and oxygen atoms in total. The van der Waals surface area contributed by atoms with Gasteiger partial charge >= 0.3 is 0 Å². The van der Waals surface area contributed by atoms with E-state index in [0.29, 0.717) is 17.4 Å². The average molecular weight is 358 g/mol. The van der Waals surface area contributed by atoms with Crippen LogP contribution in [0.2, 0.25) is 0 Å². The van der Waals surface area contributed by atoms with Gasteiger partial charge in [0.1, 0.15) is 0 Å². The number of nitrogens with zero attached hydrogens (tertiary/aromatic N) is 1. The van der Waals surface area contributed by atoms with Crippen molar-refractivity contribution in [3.8, 4) is 0 Å². The van der Waals surface area contributed by atoms with Crippen LogP contribution in [-0.4, -0.2) is 19.3 Å². The quantitative estimate of drug-likeness (QED) is 0.776. The van der Waals surface area contributed by atoms with Gasteiger partial charge in [-0.1, -0.05) is 55.8 Å². The van der Waals surface area contributed by atoms with E-state index in [1.165, 1.54) is 11.1 Å². The highest BCUT2D eigenvalue weighted by molar-refractivity contribution is 7.89. The number of aryl methyl sites for hydroxylation is 1. The SMILES string of the molecule is Cc1ccc([C@H]2CCCN2S(=O)(=O)c2ccc(CC(C)C)cc2)cc1. The molecule has 0 unspecified atom stereocenters. The summed E-state index contributed by atoms with van der Waals surface area (Å²) in [5.74, 6) is 0.562. The number of hydrogen-bond acceptors (Lipinski definition) is 2. The van der Waals surface area contributed by atoms with Crippen molar-refractivity contribution in [1.29, 1.82) is 0 Å². The Kier molecular flexibility index (Phi) is 5.30. The predicted molar refractivity (Wildman–Crippen MR) is 102 cm³/mol. The van der Waals surface area contributed by atoms with Gasteiger partial charge in [0.15, 0.2) is 0 Å². The van der Waals surface area contributed by atoms with Crippen molar-refractivity contribution in [1.82, 2.24) is 4.31 Å². The summed E-state index contributed by atoms with van der Waals surface area (Å²) < 4.78 is 28.0. The van der Waals surface area contributed by atoms with Crippen LogP contribution in [-0.2, 0) is 16.4 Å². The van der Waals surface area contributed by atoms with Crippen LogP contribution in [0.5, 0.6) is 0 Å². The fraction of sp³-hybridized carbons (Fsp3) is 0.429. The maximum atomic E-state index is 13.1. The molecule has 3 rings (SSSR count). The third-order valence-corrected chi connectivity index (χ3v) is 6.76. The Bertz CT molecular complexity index is 808. The second-order valence-corrected chi connectivity index (χ2v) is 9.32. The largest absolute Gasteiger partial charge is 0.243 e. The third kappa shape index (κ3) is 3.96. The van der Waals surface area contributed by atoms with Crippen LogP contribution in [0.15, 0.2) is 53.4 Å². The maximum Gasteiger partial charge on any atom is 0.243 e. The van der Waals surface area contributed by atoms with E-state index in [1.807, 2.05) is 19.1 Å². The Hall–Kier alpha value is -1.65. The molecule has 0 radical (unpaired) electrons. The number of sulfonamides is 1. The Labute approximate surface area is 151 Å². The molecule has 1 heterocycles. The zero-order valence-electron chi connectivity index (χ0n) is 15.3. The standard InChI is InChI=1S/C21H27NO2S/c1-16(2)15-18-8-12-20(13-9-18)25(23,24)22-14-4-5-21(22)19-10-6-17(3)7-11-19/h6-13,16,21H,4-5,14-15H2,1-3H3/t21-/m1/s1. The number of hydrogen-bond donors (Lipinski definition) is 0. The molecule has 1 fully saturated rings. The van der Waals surface area contributed by atoms with E-state index in [4.69, 9.17) is 0 Å². The van der Waals surface area contributed by atoms with Crippen LogP contribution in [0.3, 0.4) is 0 Å². The van der Waals surface area contributed by atoms with Crippen molar-refractivity contribution in [2.75, 3.05) is 6.54 Å². The molecule has 1 saturated heterocycles. The zero-order chi connectivity index (χ0) is 18.0. The van der Waals surface area contributed by atoms with Gasteiger partial charge in [-0.2, -0.15) is 4.31 Å². The lowest BCUT2D eigenvalue weighted by atomic mass is 10.0. The van der Waals surface area contributed by atoms with Gasteiger partial charge in [-0.3, -0.25) is 0 Å². The summed E-state index contributed by atoms with van der Waals surface area (Å²) in [4.78, 5) is 0.402. The predicted octanol–water partition coefficient (Wildman–Crippen LogP) is 4.72. The smallest absolute Gasteiger partial charge is 0.207 e. The van der Waals surface area contributed by atoms with E-state index >= 15 is 0 Å². The molecule has 0 aromatic heterocycles. The van der Waals surface area contributed by atoms with Crippen LogP contribution >= 0.6 is 0 Å². The molecule has 2 aromatic carbocycles. The van der Waals surface area contributed by atoms with Gasteiger partial charge in [-0.15, -0.1) is 0 Å². The average Bonchev–Trinajstić information content (AvgIpc) is 3.06. The first kappa shape index (κ1) is 18.2. The van der Waals surface area contributed by atoms with E-state index in [0.717, 1.165) is 24.8 Å². The molecule has 25 heavy (non-hydrogen) atoms. The fourth-order valence-electron chi connectivity index (χ4n) is 3.55. The van der Waals surface area contributed by atoms with Crippen LogP contribution in [0.1, 0.15) is 49.4 Å². The van der Waals surface area contributed by atoms with E-state index in [9.17, 15) is 8.42 Å². The fourth-order valence-corrected chi connectivity index (χ4v) is 5.24. The Morgan fingerprint density at radius 1 is 1.04 bits per heavy atom. The minimum absolute atomic E-state index is 0.0547. The molecule has 1 aliphatic rings. The lowest BCUT2D eigenvalue weighted by molar-refractivity contribution is 0.396. The summed E-state index contributed by atoms with van der Waals surface area (Å²) in [6, 6.07) is 15.6. The van der Waals surface area contributed by atoms with Gasteiger partial charge in [-0.25, -0.2) is 8.42 Å². The first-order valence-corrected chi connectivity index (χ1v) is 10.5. The first-order chi connectivity index (χ1) is 11.9. The summed E-state index contributed by atoms with van der Waals surface area (Å²) in [6.45, 7) is 6.97. The molecule has 0 spiro atoms. The summed E-state index contributed by atoms with van der Waals surface area (Å²) in [5.41, 5.74) is 3.46. The van der Waals surface area contributed by atoms with E-state index in [2.05, 4.69) is 38.1 Å². The normalized spacial score (nSPS) is 18.8. The highest BCUT2D eigenvalue weighted by atomic mass is 32.2. The van der Waals surface area contributed by atoms with Gasteiger partial charge in [0, 0.05) is 6.54 Å². The Morgan fingerprint density at radius 3 is 2.28 bits per heavy atom. The second-order valence-electron chi connectivity index (χ2n) is 7.43. The van der Waals surface area contributed by atoms with Crippen molar-refractivity contribution < 1.29 is 8.42 Å². The molecule has 2 aromatic rings. The molecule has 0 bridgehead atoms. The summed E-state index contributed by atoms with van der Waals surface area (Å²) >= 11 is 0. The molecule has 1 atom stereocenters. The molecule has 1 aliphatic heterocycles. The van der Waals surface area contributed by atoms with Crippen LogP contribution in [0.25, 0.3) is 0 Å². The van der Waals surface area contributed by atoms with Crippen LogP contribution in [0, 0.1) is 12.8 Å². The van der Waals surface area contributed by atoms with E-state index in [1.54, 1.807) is 16.4 Å². The molecule has 134 valence electrons. The minimum Gasteiger partial charge on any atom is -0.207 e. The minimum atomic E-state index is -3.46. The Balaban J connectivity index is 1.86. The van der Waals surface area contributed by atoms with E-state index in [-0.39, 0.29) is 6.04 Å². The first-order valence-electron chi connectivity index (χ1n) is 9.05. The van der Waals surface area contributed by atoms with Crippen molar-refractivity contribution in [2.24, 2.45) is 5.92 Å². The highest BCUT2D eigenvalue weighted by Crippen LogP contribution is 2.36. The molecular weight excluding hydrogens is 330 g/mol. The summed E-state index contributed by atoms with van der Waals surface area (Å²) in [5, 5.41) is 0. The number of rotatable bonds is 5. The lowest BCUT2D eigenvalue weighted by Gasteiger charge is -2.24.